The number of carbonyl (C=O) groups is 4. The molecule has 1 N–H and O–H groups in total. The molecule has 1 atom stereocenters. The third-order valence-corrected chi connectivity index (χ3v) is 5.20. The van der Waals surface area contributed by atoms with Gasteiger partial charge < -0.3 is 24.8 Å². The van der Waals surface area contributed by atoms with E-state index >= 15 is 0 Å². The van der Waals surface area contributed by atoms with E-state index in [0.29, 0.717) is 18.1 Å². The standard InChI is InChI=1S/C20H28N4O4/c1-21-19(27)8-7-15(13-25)23(3)20(28)16-5-4-6-18(17(16)14-26)24-11-9-22(2)10-12-24/h4-6,13-15H,7-12H2,1-3H3,(H,21,27). The summed E-state index contributed by atoms with van der Waals surface area (Å²) in [5.41, 5.74) is 1.33. The molecule has 1 aliphatic rings. The van der Waals surface area contributed by atoms with Crippen molar-refractivity contribution in [2.24, 2.45) is 0 Å². The fraction of sp³-hybridized carbons (Fsp3) is 0.500. The van der Waals surface area contributed by atoms with Gasteiger partial charge in [-0.1, -0.05) is 6.07 Å². The minimum atomic E-state index is -0.739. The van der Waals surface area contributed by atoms with Gasteiger partial charge in [0.1, 0.15) is 6.29 Å². The Morgan fingerprint density at radius 2 is 1.89 bits per heavy atom. The highest BCUT2D eigenvalue weighted by Gasteiger charge is 2.26. The smallest absolute Gasteiger partial charge is 0.255 e. The Kier molecular flexibility index (Phi) is 7.69. The summed E-state index contributed by atoms with van der Waals surface area (Å²) >= 11 is 0. The molecule has 1 aliphatic heterocycles. The van der Waals surface area contributed by atoms with Crippen molar-refractivity contribution < 1.29 is 19.2 Å². The molecule has 8 heteroatoms. The molecular weight excluding hydrogens is 360 g/mol. The van der Waals surface area contributed by atoms with Gasteiger partial charge >= 0.3 is 0 Å². The minimum Gasteiger partial charge on any atom is -0.368 e. The van der Waals surface area contributed by atoms with Crippen molar-refractivity contribution in [3.05, 3.63) is 29.3 Å². The minimum absolute atomic E-state index is 0.138. The lowest BCUT2D eigenvalue weighted by Crippen LogP contribution is -2.45. The highest BCUT2D eigenvalue weighted by Crippen LogP contribution is 2.25. The first kappa shape index (κ1) is 21.6. The number of hydrogen-bond donors (Lipinski definition) is 1. The lowest BCUT2D eigenvalue weighted by molar-refractivity contribution is -0.121. The molecule has 0 bridgehead atoms. The fourth-order valence-corrected chi connectivity index (χ4v) is 3.28. The summed E-state index contributed by atoms with van der Waals surface area (Å²) in [5.74, 6) is -0.606. The van der Waals surface area contributed by atoms with E-state index in [4.69, 9.17) is 0 Å². The summed E-state index contributed by atoms with van der Waals surface area (Å²) < 4.78 is 0. The highest BCUT2D eigenvalue weighted by molar-refractivity contribution is 6.05. The van der Waals surface area contributed by atoms with E-state index < -0.39 is 11.9 Å². The van der Waals surface area contributed by atoms with Crippen LogP contribution in [0.2, 0.25) is 0 Å². The molecule has 1 aromatic rings. The van der Waals surface area contributed by atoms with Crippen LogP contribution in [0.25, 0.3) is 0 Å². The second-order valence-electron chi connectivity index (χ2n) is 6.98. The molecule has 2 rings (SSSR count). The first-order valence-electron chi connectivity index (χ1n) is 9.37. The second kappa shape index (κ2) is 9.98. The van der Waals surface area contributed by atoms with Gasteiger partial charge in [-0.05, 0) is 25.6 Å². The number of likely N-dealkylation sites (N-methyl/N-ethyl adjacent to an activating group) is 2. The molecule has 2 amide bonds. The van der Waals surface area contributed by atoms with Crippen LogP contribution >= 0.6 is 0 Å². The number of aldehydes is 2. The number of benzene rings is 1. The maximum atomic E-state index is 13.0. The molecule has 152 valence electrons. The summed E-state index contributed by atoms with van der Waals surface area (Å²) in [6, 6.07) is 4.45. The number of piperazine rings is 1. The average molecular weight is 388 g/mol. The van der Waals surface area contributed by atoms with E-state index in [9.17, 15) is 19.2 Å². The average Bonchev–Trinajstić information content (AvgIpc) is 2.73. The van der Waals surface area contributed by atoms with Gasteiger partial charge in [0.15, 0.2) is 6.29 Å². The predicted molar refractivity (Wildman–Crippen MR) is 107 cm³/mol. The van der Waals surface area contributed by atoms with E-state index in [2.05, 4.69) is 15.1 Å². The van der Waals surface area contributed by atoms with E-state index in [0.717, 1.165) is 31.9 Å². The van der Waals surface area contributed by atoms with E-state index in [1.165, 1.54) is 19.0 Å². The van der Waals surface area contributed by atoms with Crippen LogP contribution in [-0.4, -0.2) is 87.6 Å². The number of nitrogens with one attached hydrogen (secondary N) is 1. The van der Waals surface area contributed by atoms with Gasteiger partial charge in [0.2, 0.25) is 5.91 Å². The lowest BCUT2D eigenvalue weighted by Gasteiger charge is -2.35. The van der Waals surface area contributed by atoms with Gasteiger partial charge in [-0.25, -0.2) is 0 Å². The molecule has 0 aromatic heterocycles. The summed E-state index contributed by atoms with van der Waals surface area (Å²) in [6.07, 6.45) is 1.72. The first-order valence-corrected chi connectivity index (χ1v) is 9.37. The van der Waals surface area contributed by atoms with Gasteiger partial charge in [0.25, 0.3) is 5.91 Å². The molecule has 1 fully saturated rings. The SMILES string of the molecule is CNC(=O)CCC(C=O)N(C)C(=O)c1cccc(N2CCN(C)CC2)c1C=O. The zero-order valence-electron chi connectivity index (χ0n) is 16.7. The summed E-state index contributed by atoms with van der Waals surface area (Å²) in [7, 11) is 5.08. The fourth-order valence-electron chi connectivity index (χ4n) is 3.28. The monoisotopic (exact) mass is 388 g/mol. The Hall–Kier alpha value is -2.74. The highest BCUT2D eigenvalue weighted by atomic mass is 16.2. The second-order valence-corrected chi connectivity index (χ2v) is 6.98. The quantitative estimate of drug-likeness (QED) is 0.649. The van der Waals surface area contributed by atoms with Gasteiger partial charge in [0, 0.05) is 52.4 Å². The Balaban J connectivity index is 2.24. The maximum absolute atomic E-state index is 13.0. The van der Waals surface area contributed by atoms with E-state index in [-0.39, 0.29) is 24.3 Å². The molecule has 0 aliphatic carbocycles. The Morgan fingerprint density at radius 3 is 2.46 bits per heavy atom. The zero-order chi connectivity index (χ0) is 20.7. The maximum Gasteiger partial charge on any atom is 0.255 e. The Bertz CT molecular complexity index is 729. The van der Waals surface area contributed by atoms with Crippen LogP contribution in [0.5, 0.6) is 0 Å². The molecule has 28 heavy (non-hydrogen) atoms. The third-order valence-electron chi connectivity index (χ3n) is 5.20. The molecule has 0 spiro atoms. The van der Waals surface area contributed by atoms with Crippen molar-refractivity contribution in [2.45, 2.75) is 18.9 Å². The number of hydrogen-bond acceptors (Lipinski definition) is 6. The zero-order valence-corrected chi connectivity index (χ0v) is 16.7. The van der Waals surface area contributed by atoms with Gasteiger partial charge in [-0.2, -0.15) is 0 Å². The van der Waals surface area contributed by atoms with Crippen molar-refractivity contribution in [2.75, 3.05) is 52.2 Å². The summed E-state index contributed by atoms with van der Waals surface area (Å²) in [5, 5.41) is 2.50. The van der Waals surface area contributed by atoms with Crippen LogP contribution in [0.15, 0.2) is 18.2 Å². The molecule has 1 aromatic carbocycles. The first-order chi connectivity index (χ1) is 13.4. The van der Waals surface area contributed by atoms with Gasteiger partial charge in [-0.3, -0.25) is 14.4 Å². The van der Waals surface area contributed by atoms with Crippen molar-refractivity contribution in [3.63, 3.8) is 0 Å². The summed E-state index contributed by atoms with van der Waals surface area (Å²) in [6.45, 7) is 3.30. The van der Waals surface area contributed by atoms with Crippen molar-refractivity contribution in [1.82, 2.24) is 15.1 Å². The number of anilines is 1. The largest absolute Gasteiger partial charge is 0.368 e. The number of rotatable bonds is 8. The van der Waals surface area contributed by atoms with Crippen LogP contribution in [0.4, 0.5) is 5.69 Å². The molecule has 1 unspecified atom stereocenters. The van der Waals surface area contributed by atoms with Crippen LogP contribution in [0, 0.1) is 0 Å². The van der Waals surface area contributed by atoms with E-state index in [1.807, 2.05) is 13.1 Å². The Labute approximate surface area is 165 Å². The normalized spacial score (nSPS) is 15.6. The molecule has 0 radical (unpaired) electrons. The van der Waals surface area contributed by atoms with Crippen LogP contribution in [-0.2, 0) is 9.59 Å². The van der Waals surface area contributed by atoms with Crippen molar-refractivity contribution in [3.8, 4) is 0 Å². The van der Waals surface area contributed by atoms with Gasteiger partial charge in [-0.15, -0.1) is 0 Å². The van der Waals surface area contributed by atoms with Crippen LogP contribution in [0.1, 0.15) is 33.6 Å². The topological polar surface area (TPSA) is 90.0 Å². The molecule has 1 heterocycles. The van der Waals surface area contributed by atoms with Crippen LogP contribution < -0.4 is 10.2 Å². The molecule has 0 saturated carbocycles. The number of carbonyl (C=O) groups excluding carboxylic acids is 4. The molecular formula is C20H28N4O4. The van der Waals surface area contributed by atoms with Crippen molar-refractivity contribution in [1.29, 1.82) is 0 Å². The molecule has 1 saturated heterocycles. The lowest BCUT2D eigenvalue weighted by atomic mass is 10.0. The van der Waals surface area contributed by atoms with Crippen molar-refractivity contribution >= 4 is 30.1 Å². The van der Waals surface area contributed by atoms with Gasteiger partial charge in [0.05, 0.1) is 17.2 Å². The number of nitrogens with zero attached hydrogens (tertiary/aromatic N) is 3. The Morgan fingerprint density at radius 1 is 1.21 bits per heavy atom. The summed E-state index contributed by atoms with van der Waals surface area (Å²) in [4.78, 5) is 53.4. The predicted octanol–water partition coefficient (Wildman–Crippen LogP) is 0.417. The molecule has 8 nitrogen and oxygen atoms in total. The number of amides is 2. The van der Waals surface area contributed by atoms with E-state index in [1.54, 1.807) is 12.1 Å². The third kappa shape index (κ3) is 4.95. The van der Waals surface area contributed by atoms with Crippen LogP contribution in [0.3, 0.4) is 0 Å².